The number of hydrogen-bond donors (Lipinski definition) is 1. The summed E-state index contributed by atoms with van der Waals surface area (Å²) >= 11 is 0. The van der Waals surface area contributed by atoms with Crippen molar-refractivity contribution in [1.82, 2.24) is 4.90 Å². The van der Waals surface area contributed by atoms with Crippen molar-refractivity contribution in [2.24, 2.45) is 5.92 Å². The van der Waals surface area contributed by atoms with E-state index in [-0.39, 0.29) is 0 Å². The summed E-state index contributed by atoms with van der Waals surface area (Å²) in [5, 5.41) is 9.60. The van der Waals surface area contributed by atoms with E-state index in [1.807, 2.05) is 0 Å². The Labute approximate surface area is 104 Å². The summed E-state index contributed by atoms with van der Waals surface area (Å²) in [5.74, 6) is 0.165. The van der Waals surface area contributed by atoms with Crippen molar-refractivity contribution in [3.8, 4) is 0 Å². The van der Waals surface area contributed by atoms with Gasteiger partial charge in [-0.05, 0) is 44.6 Å². The van der Waals surface area contributed by atoms with E-state index in [2.05, 4.69) is 11.8 Å². The summed E-state index contributed by atoms with van der Waals surface area (Å²) in [6.07, 6.45) is 8.97. The predicted molar refractivity (Wildman–Crippen MR) is 68.0 cm³/mol. The Morgan fingerprint density at radius 1 is 1.35 bits per heavy atom. The number of likely N-dealkylation sites (tertiary alicyclic amines) is 1. The molecular weight excluding hydrogens is 214 g/mol. The van der Waals surface area contributed by atoms with Crippen molar-refractivity contribution in [3.05, 3.63) is 0 Å². The average molecular weight is 239 g/mol. The second-order valence-corrected chi connectivity index (χ2v) is 5.79. The fourth-order valence-electron chi connectivity index (χ4n) is 3.75. The molecule has 3 heteroatoms. The topological polar surface area (TPSA) is 40.5 Å². The molecule has 0 aromatic carbocycles. The van der Waals surface area contributed by atoms with Crippen LogP contribution in [0.2, 0.25) is 0 Å². The first-order chi connectivity index (χ1) is 8.19. The monoisotopic (exact) mass is 239 g/mol. The highest BCUT2D eigenvalue weighted by atomic mass is 16.4. The lowest BCUT2D eigenvalue weighted by Gasteiger charge is -2.36. The van der Waals surface area contributed by atoms with Crippen LogP contribution in [-0.4, -0.2) is 34.6 Å². The maximum atomic E-state index is 11.7. The molecule has 1 aliphatic heterocycles. The molecule has 2 aliphatic rings. The first kappa shape index (κ1) is 12.9. The molecule has 0 aromatic rings. The van der Waals surface area contributed by atoms with Crippen molar-refractivity contribution in [3.63, 3.8) is 0 Å². The van der Waals surface area contributed by atoms with E-state index >= 15 is 0 Å². The molecule has 1 N–H and O–H groups in total. The maximum absolute atomic E-state index is 11.7. The van der Waals surface area contributed by atoms with Gasteiger partial charge in [-0.1, -0.05) is 26.2 Å². The standard InChI is InChI=1S/C14H25NO2/c1-2-8-14(13(16)17)9-5-10-15(14)11-12-6-3-4-7-12/h12H,2-11H2,1H3,(H,16,17). The summed E-state index contributed by atoms with van der Waals surface area (Å²) in [4.78, 5) is 13.9. The van der Waals surface area contributed by atoms with Crippen LogP contribution in [0.1, 0.15) is 58.3 Å². The van der Waals surface area contributed by atoms with Gasteiger partial charge in [0.25, 0.3) is 0 Å². The van der Waals surface area contributed by atoms with Gasteiger partial charge >= 0.3 is 5.97 Å². The van der Waals surface area contributed by atoms with Crippen LogP contribution in [0.5, 0.6) is 0 Å². The molecule has 2 rings (SSSR count). The van der Waals surface area contributed by atoms with Crippen LogP contribution >= 0.6 is 0 Å². The molecular formula is C14H25NO2. The van der Waals surface area contributed by atoms with E-state index < -0.39 is 11.5 Å². The Morgan fingerprint density at radius 2 is 2.06 bits per heavy atom. The second-order valence-electron chi connectivity index (χ2n) is 5.79. The van der Waals surface area contributed by atoms with Crippen LogP contribution in [-0.2, 0) is 4.79 Å². The van der Waals surface area contributed by atoms with E-state index in [9.17, 15) is 9.90 Å². The van der Waals surface area contributed by atoms with Crippen LogP contribution < -0.4 is 0 Å². The van der Waals surface area contributed by atoms with E-state index in [4.69, 9.17) is 0 Å². The SMILES string of the molecule is CCCC1(C(=O)O)CCCN1CC1CCCC1. The molecule has 0 bridgehead atoms. The van der Waals surface area contributed by atoms with Gasteiger partial charge in [-0.15, -0.1) is 0 Å². The van der Waals surface area contributed by atoms with Gasteiger partial charge in [-0.2, -0.15) is 0 Å². The lowest BCUT2D eigenvalue weighted by molar-refractivity contribution is -0.150. The molecule has 0 radical (unpaired) electrons. The highest BCUT2D eigenvalue weighted by Gasteiger charge is 2.47. The zero-order chi connectivity index (χ0) is 12.3. The fraction of sp³-hybridized carbons (Fsp3) is 0.929. The summed E-state index contributed by atoms with van der Waals surface area (Å²) in [5.41, 5.74) is -0.530. The Bertz CT molecular complexity index is 273. The van der Waals surface area contributed by atoms with Gasteiger partial charge in [0, 0.05) is 6.54 Å². The Kier molecular flexibility index (Phi) is 4.08. The molecule has 0 spiro atoms. The molecule has 1 unspecified atom stereocenters. The van der Waals surface area contributed by atoms with Crippen molar-refractivity contribution < 1.29 is 9.90 Å². The van der Waals surface area contributed by atoms with E-state index in [1.54, 1.807) is 0 Å². The van der Waals surface area contributed by atoms with Gasteiger partial charge in [0.15, 0.2) is 0 Å². The number of carboxylic acid groups (broad SMARTS) is 1. The average Bonchev–Trinajstić information content (AvgIpc) is 2.91. The molecule has 17 heavy (non-hydrogen) atoms. The molecule has 3 nitrogen and oxygen atoms in total. The van der Waals surface area contributed by atoms with Crippen LogP contribution in [0.15, 0.2) is 0 Å². The third kappa shape index (κ3) is 2.49. The number of carbonyl (C=O) groups is 1. The summed E-state index contributed by atoms with van der Waals surface area (Å²) in [6, 6.07) is 0. The largest absolute Gasteiger partial charge is 0.480 e. The zero-order valence-electron chi connectivity index (χ0n) is 11.0. The summed E-state index contributed by atoms with van der Waals surface area (Å²) < 4.78 is 0. The molecule has 1 saturated heterocycles. The van der Waals surface area contributed by atoms with Crippen molar-refractivity contribution in [2.75, 3.05) is 13.1 Å². The number of carboxylic acids is 1. The number of nitrogens with zero attached hydrogens (tertiary/aromatic N) is 1. The van der Waals surface area contributed by atoms with Crippen LogP contribution in [0.25, 0.3) is 0 Å². The van der Waals surface area contributed by atoms with E-state index in [0.29, 0.717) is 0 Å². The van der Waals surface area contributed by atoms with Gasteiger partial charge in [-0.3, -0.25) is 9.69 Å². The lowest BCUT2D eigenvalue weighted by atomic mass is 9.90. The zero-order valence-corrected chi connectivity index (χ0v) is 11.0. The normalized spacial score (nSPS) is 31.1. The highest BCUT2D eigenvalue weighted by molar-refractivity contribution is 5.79. The maximum Gasteiger partial charge on any atom is 0.324 e. The molecule has 1 aliphatic carbocycles. The van der Waals surface area contributed by atoms with Gasteiger partial charge < -0.3 is 5.11 Å². The van der Waals surface area contributed by atoms with Crippen LogP contribution in [0, 0.1) is 5.92 Å². The molecule has 1 saturated carbocycles. The third-order valence-electron chi connectivity index (χ3n) is 4.64. The van der Waals surface area contributed by atoms with Crippen molar-refractivity contribution in [2.45, 2.75) is 63.8 Å². The minimum atomic E-state index is -0.588. The number of aliphatic carboxylic acids is 1. The van der Waals surface area contributed by atoms with Gasteiger partial charge in [0.1, 0.15) is 5.54 Å². The second kappa shape index (κ2) is 5.38. The van der Waals surface area contributed by atoms with Crippen LogP contribution in [0.4, 0.5) is 0 Å². The summed E-state index contributed by atoms with van der Waals surface area (Å²) in [6.45, 7) is 4.10. The van der Waals surface area contributed by atoms with Gasteiger partial charge in [0.2, 0.25) is 0 Å². The molecule has 1 atom stereocenters. The van der Waals surface area contributed by atoms with E-state index in [0.717, 1.165) is 44.7 Å². The fourth-order valence-corrected chi connectivity index (χ4v) is 3.75. The first-order valence-electron chi connectivity index (χ1n) is 7.17. The smallest absolute Gasteiger partial charge is 0.324 e. The molecule has 0 aromatic heterocycles. The van der Waals surface area contributed by atoms with Gasteiger partial charge in [-0.25, -0.2) is 0 Å². The Balaban J connectivity index is 2.04. The third-order valence-corrected chi connectivity index (χ3v) is 4.64. The summed E-state index contributed by atoms with van der Waals surface area (Å²) in [7, 11) is 0. The van der Waals surface area contributed by atoms with Crippen molar-refractivity contribution in [1.29, 1.82) is 0 Å². The quantitative estimate of drug-likeness (QED) is 0.802. The highest BCUT2D eigenvalue weighted by Crippen LogP contribution is 2.36. The molecule has 1 heterocycles. The minimum absolute atomic E-state index is 0.530. The van der Waals surface area contributed by atoms with Crippen molar-refractivity contribution >= 4 is 5.97 Å². The Morgan fingerprint density at radius 3 is 2.65 bits per heavy atom. The predicted octanol–water partition coefficient (Wildman–Crippen LogP) is 2.90. The lowest BCUT2D eigenvalue weighted by Crippen LogP contribution is -2.51. The molecule has 2 fully saturated rings. The first-order valence-corrected chi connectivity index (χ1v) is 7.17. The van der Waals surface area contributed by atoms with Gasteiger partial charge in [0.05, 0.1) is 0 Å². The van der Waals surface area contributed by atoms with Crippen LogP contribution in [0.3, 0.4) is 0 Å². The van der Waals surface area contributed by atoms with E-state index in [1.165, 1.54) is 25.7 Å². The number of hydrogen-bond acceptors (Lipinski definition) is 2. The molecule has 0 amide bonds. The number of rotatable bonds is 5. The molecule has 98 valence electrons. The minimum Gasteiger partial charge on any atom is -0.480 e. The Hall–Kier alpha value is -0.570.